The van der Waals surface area contributed by atoms with Crippen LogP contribution in [-0.2, 0) is 14.3 Å². The molecule has 0 unspecified atom stereocenters. The number of alkyl halides is 6. The van der Waals surface area contributed by atoms with E-state index in [-0.39, 0.29) is 12.2 Å². The lowest BCUT2D eigenvalue weighted by Crippen LogP contribution is -2.66. The van der Waals surface area contributed by atoms with Gasteiger partial charge in [-0.1, -0.05) is 20.8 Å². The zero-order valence-electron chi connectivity index (χ0n) is 11.1. The van der Waals surface area contributed by atoms with Crippen molar-refractivity contribution in [2.24, 2.45) is 5.41 Å². The molecule has 122 valence electrons. The van der Waals surface area contributed by atoms with Crippen molar-refractivity contribution < 1.29 is 45.8 Å². The molecule has 0 aromatic carbocycles. The number of hydrogen-bond donors (Lipinski definition) is 1. The third-order valence-electron chi connectivity index (χ3n) is 2.47. The number of halogens is 6. The average molecular weight is 322 g/mol. The summed E-state index contributed by atoms with van der Waals surface area (Å²) in [6.07, 6.45) is -11.9. The number of esters is 1. The van der Waals surface area contributed by atoms with Crippen LogP contribution in [-0.4, -0.2) is 35.0 Å². The Labute approximate surface area is 115 Å². The van der Waals surface area contributed by atoms with Crippen molar-refractivity contribution in [3.63, 3.8) is 0 Å². The lowest BCUT2D eigenvalue weighted by Gasteiger charge is -2.44. The molecule has 0 spiro atoms. The van der Waals surface area contributed by atoms with Gasteiger partial charge in [0.05, 0.1) is 0 Å². The molecular weight excluding hydrogens is 310 g/mol. The molecule has 0 radical (unpaired) electrons. The lowest BCUT2D eigenvalue weighted by atomic mass is 9.75. The van der Waals surface area contributed by atoms with Crippen molar-refractivity contribution in [1.82, 2.24) is 0 Å². The fraction of sp³-hybridized carbons (Fsp3) is 0.636. The first-order valence-corrected chi connectivity index (χ1v) is 5.33. The highest BCUT2D eigenvalue weighted by Crippen LogP contribution is 2.55. The molecule has 0 aliphatic rings. The fourth-order valence-electron chi connectivity index (χ4n) is 1.60. The van der Waals surface area contributed by atoms with Gasteiger partial charge >= 0.3 is 29.9 Å². The first-order valence-electron chi connectivity index (χ1n) is 5.33. The van der Waals surface area contributed by atoms with Crippen LogP contribution in [0.15, 0.2) is 12.2 Å². The molecule has 10 heteroatoms. The molecule has 0 aliphatic carbocycles. The number of hydrogen-bond acceptors (Lipinski definition) is 3. The van der Waals surface area contributed by atoms with Crippen molar-refractivity contribution >= 4 is 11.9 Å². The first-order chi connectivity index (χ1) is 9.06. The van der Waals surface area contributed by atoms with E-state index in [9.17, 15) is 35.9 Å². The SMILES string of the molecule is CC(C)(C)C(OC(=O)C=CC(=O)O)(C(F)(F)F)C(F)(F)F. The predicted molar refractivity (Wildman–Crippen MR) is 57.2 cm³/mol. The molecule has 0 bridgehead atoms. The molecule has 0 atom stereocenters. The number of carboxylic acids is 1. The van der Waals surface area contributed by atoms with E-state index >= 15 is 0 Å². The average Bonchev–Trinajstić information content (AvgIpc) is 2.17. The van der Waals surface area contributed by atoms with Crippen LogP contribution < -0.4 is 0 Å². The van der Waals surface area contributed by atoms with Crippen LogP contribution >= 0.6 is 0 Å². The number of carboxylic acid groups (broad SMARTS) is 1. The van der Waals surface area contributed by atoms with Gasteiger partial charge in [0.2, 0.25) is 0 Å². The molecule has 21 heavy (non-hydrogen) atoms. The van der Waals surface area contributed by atoms with E-state index in [1.54, 1.807) is 0 Å². The Morgan fingerprint density at radius 2 is 1.29 bits per heavy atom. The number of carbonyl (C=O) groups is 2. The largest absolute Gasteiger partial charge is 0.478 e. The maximum atomic E-state index is 13.0. The van der Waals surface area contributed by atoms with E-state index in [4.69, 9.17) is 5.11 Å². The van der Waals surface area contributed by atoms with E-state index in [0.29, 0.717) is 20.8 Å². The second-order valence-electron chi connectivity index (χ2n) is 5.02. The van der Waals surface area contributed by atoms with Crippen LogP contribution in [0.4, 0.5) is 26.3 Å². The van der Waals surface area contributed by atoms with Gasteiger partial charge in [0.1, 0.15) is 0 Å². The third-order valence-corrected chi connectivity index (χ3v) is 2.47. The van der Waals surface area contributed by atoms with Crippen molar-refractivity contribution in [3.8, 4) is 0 Å². The van der Waals surface area contributed by atoms with Crippen molar-refractivity contribution in [3.05, 3.63) is 12.2 Å². The zero-order chi connectivity index (χ0) is 17.3. The van der Waals surface area contributed by atoms with Crippen LogP contribution in [0.1, 0.15) is 20.8 Å². The Hall–Kier alpha value is -1.74. The third kappa shape index (κ3) is 3.88. The molecule has 4 nitrogen and oxygen atoms in total. The highest BCUT2D eigenvalue weighted by molar-refractivity contribution is 5.91. The summed E-state index contributed by atoms with van der Waals surface area (Å²) in [6.45, 7) is 1.80. The van der Waals surface area contributed by atoms with Crippen molar-refractivity contribution in [2.75, 3.05) is 0 Å². The topological polar surface area (TPSA) is 63.6 Å². The minimum absolute atomic E-state index is 0.0275. The Morgan fingerprint density at radius 1 is 0.905 bits per heavy atom. The van der Waals surface area contributed by atoms with Crippen LogP contribution in [0.25, 0.3) is 0 Å². The monoisotopic (exact) mass is 322 g/mol. The molecular formula is C11H12F6O4. The molecule has 0 saturated carbocycles. The van der Waals surface area contributed by atoms with E-state index < -0.39 is 35.3 Å². The number of aliphatic carboxylic acids is 1. The van der Waals surface area contributed by atoms with E-state index in [1.807, 2.05) is 0 Å². The van der Waals surface area contributed by atoms with E-state index in [1.165, 1.54) is 0 Å². The summed E-state index contributed by atoms with van der Waals surface area (Å²) in [7, 11) is 0. The Kier molecular flexibility index (Phi) is 5.11. The van der Waals surface area contributed by atoms with Gasteiger partial charge in [-0.2, -0.15) is 26.3 Å². The first kappa shape index (κ1) is 19.3. The molecule has 1 N–H and O–H groups in total. The van der Waals surface area contributed by atoms with Crippen molar-refractivity contribution in [2.45, 2.75) is 38.7 Å². The predicted octanol–water partition coefficient (Wildman–Crippen LogP) is 3.08. The Morgan fingerprint density at radius 3 is 1.52 bits per heavy atom. The second-order valence-corrected chi connectivity index (χ2v) is 5.02. The lowest BCUT2D eigenvalue weighted by molar-refractivity contribution is -0.397. The molecule has 0 heterocycles. The maximum Gasteiger partial charge on any atom is 0.438 e. The summed E-state index contributed by atoms with van der Waals surface area (Å²) in [5.74, 6) is -3.80. The van der Waals surface area contributed by atoms with Crippen LogP contribution in [0.5, 0.6) is 0 Å². The summed E-state index contributed by atoms with van der Waals surface area (Å²) in [5, 5.41) is 8.20. The standard InChI is InChI=1S/C11H12F6O4/c1-8(2,3)9(10(12,13)14,11(15,16)17)21-7(20)5-4-6(18)19/h4-5H,1-3H3,(H,18,19). The van der Waals surface area contributed by atoms with Gasteiger partial charge in [-0.3, -0.25) is 0 Å². The molecule has 0 aliphatic heterocycles. The summed E-state index contributed by atoms with van der Waals surface area (Å²) in [6, 6.07) is 0. The second kappa shape index (κ2) is 5.57. The van der Waals surface area contributed by atoms with Crippen LogP contribution in [0.2, 0.25) is 0 Å². The Bertz CT molecular complexity index is 405. The summed E-state index contributed by atoms with van der Waals surface area (Å²) < 4.78 is 81.6. The molecule has 0 fully saturated rings. The summed E-state index contributed by atoms with van der Waals surface area (Å²) in [4.78, 5) is 21.3. The van der Waals surface area contributed by atoms with Gasteiger partial charge in [0, 0.05) is 17.6 Å². The van der Waals surface area contributed by atoms with E-state index in [2.05, 4.69) is 4.74 Å². The quantitative estimate of drug-likeness (QED) is 0.493. The highest BCUT2D eigenvalue weighted by Gasteiger charge is 2.79. The number of carbonyl (C=O) groups excluding carboxylic acids is 1. The molecule has 0 aromatic rings. The van der Waals surface area contributed by atoms with Gasteiger partial charge in [-0.15, -0.1) is 0 Å². The van der Waals surface area contributed by atoms with Gasteiger partial charge < -0.3 is 9.84 Å². The van der Waals surface area contributed by atoms with E-state index in [0.717, 1.165) is 0 Å². The molecule has 0 rings (SSSR count). The normalized spacial score (nSPS) is 14.3. The van der Waals surface area contributed by atoms with Crippen molar-refractivity contribution in [1.29, 1.82) is 0 Å². The molecule has 0 aromatic heterocycles. The highest BCUT2D eigenvalue weighted by atomic mass is 19.4. The Balaban J connectivity index is 5.96. The molecule has 0 saturated heterocycles. The minimum atomic E-state index is -5.95. The van der Waals surface area contributed by atoms with Crippen LogP contribution in [0, 0.1) is 5.41 Å². The fourth-order valence-corrected chi connectivity index (χ4v) is 1.60. The van der Waals surface area contributed by atoms with Gasteiger partial charge in [-0.05, 0) is 0 Å². The zero-order valence-corrected chi connectivity index (χ0v) is 11.1. The summed E-state index contributed by atoms with van der Waals surface area (Å²) >= 11 is 0. The number of ether oxygens (including phenoxy) is 1. The van der Waals surface area contributed by atoms with Gasteiger partial charge in [0.25, 0.3) is 0 Å². The number of rotatable bonds is 3. The smallest absolute Gasteiger partial charge is 0.438 e. The van der Waals surface area contributed by atoms with Gasteiger partial charge in [0.15, 0.2) is 0 Å². The summed E-state index contributed by atoms with van der Waals surface area (Å²) in [5.41, 5.74) is -7.34. The van der Waals surface area contributed by atoms with Crippen LogP contribution in [0.3, 0.4) is 0 Å². The molecule has 0 amide bonds. The minimum Gasteiger partial charge on any atom is -0.478 e. The maximum absolute atomic E-state index is 13.0. The van der Waals surface area contributed by atoms with Gasteiger partial charge in [-0.25, -0.2) is 9.59 Å².